The molecule has 2 aromatic heterocycles. The lowest BCUT2D eigenvalue weighted by molar-refractivity contribution is -0.134. The molecule has 3 aromatic rings. The summed E-state index contributed by atoms with van der Waals surface area (Å²) in [7, 11) is 0. The number of likely N-dealkylation sites (tertiary alicyclic amines) is 1. The molecular formula is C27H26FN7O2. The van der Waals surface area contributed by atoms with Crippen LogP contribution in [-0.2, 0) is 11.3 Å². The zero-order chi connectivity index (χ0) is 25.5. The van der Waals surface area contributed by atoms with Gasteiger partial charge in [-0.1, -0.05) is 6.07 Å². The molecule has 2 saturated heterocycles. The lowest BCUT2D eigenvalue weighted by Crippen LogP contribution is -2.44. The number of aromatic nitrogens is 3. The predicted octanol–water partition coefficient (Wildman–Crippen LogP) is 3.03. The maximum absolute atomic E-state index is 14.8. The van der Waals surface area contributed by atoms with Crippen molar-refractivity contribution in [2.75, 3.05) is 31.1 Å². The van der Waals surface area contributed by atoms with Crippen LogP contribution < -0.4 is 10.2 Å². The van der Waals surface area contributed by atoms with Crippen LogP contribution in [0.15, 0.2) is 36.5 Å². The standard InChI is InChI=1S/C27H26FN7O2/c28-19-7-3-5-17(14-29)24(19)20-13-22(25-21(31-20)15-30-26(25)36)35-12-8-23(32-35)34-11-4-6-18(16-34)27(37)33-9-1-2-10-33/h3,5,7-8,12-13,18H,1-2,4,6,9-11,15-16H2,(H,30,36)/t18-/m0/s1. The minimum atomic E-state index is -0.557. The van der Waals surface area contributed by atoms with Gasteiger partial charge < -0.3 is 15.1 Å². The molecule has 9 nitrogen and oxygen atoms in total. The Balaban J connectivity index is 1.34. The molecule has 2 fully saturated rings. The summed E-state index contributed by atoms with van der Waals surface area (Å²) in [4.78, 5) is 34.3. The number of benzene rings is 1. The van der Waals surface area contributed by atoms with Crippen LogP contribution in [0.2, 0.25) is 0 Å². The Morgan fingerprint density at radius 3 is 2.78 bits per heavy atom. The molecule has 1 N–H and O–H groups in total. The van der Waals surface area contributed by atoms with E-state index in [1.165, 1.54) is 12.1 Å². The number of carbonyl (C=O) groups excluding carboxylic acids is 2. The van der Waals surface area contributed by atoms with Gasteiger partial charge in [0.1, 0.15) is 5.82 Å². The average molecular weight is 500 g/mol. The second-order valence-corrected chi connectivity index (χ2v) is 9.74. The molecule has 3 aliphatic heterocycles. The van der Waals surface area contributed by atoms with Crippen molar-refractivity contribution in [3.8, 4) is 23.0 Å². The van der Waals surface area contributed by atoms with Gasteiger partial charge in [-0.3, -0.25) is 9.59 Å². The van der Waals surface area contributed by atoms with Gasteiger partial charge in [-0.2, -0.15) is 10.4 Å². The molecule has 0 aliphatic carbocycles. The minimum absolute atomic E-state index is 0.0509. The molecule has 0 unspecified atom stereocenters. The molecule has 1 atom stereocenters. The number of nitrogens with zero attached hydrogens (tertiary/aromatic N) is 6. The van der Waals surface area contributed by atoms with Gasteiger partial charge in [-0.05, 0) is 43.9 Å². The van der Waals surface area contributed by atoms with E-state index >= 15 is 0 Å². The smallest absolute Gasteiger partial charge is 0.255 e. The van der Waals surface area contributed by atoms with Crippen molar-refractivity contribution in [2.45, 2.75) is 32.2 Å². The fourth-order valence-electron chi connectivity index (χ4n) is 5.60. The molecule has 188 valence electrons. The third-order valence-electron chi connectivity index (χ3n) is 7.44. The van der Waals surface area contributed by atoms with Crippen LogP contribution >= 0.6 is 0 Å². The maximum Gasteiger partial charge on any atom is 0.255 e. The zero-order valence-corrected chi connectivity index (χ0v) is 20.3. The molecule has 5 heterocycles. The highest BCUT2D eigenvalue weighted by Gasteiger charge is 2.32. The van der Waals surface area contributed by atoms with E-state index < -0.39 is 5.82 Å². The van der Waals surface area contributed by atoms with Gasteiger partial charge in [0.2, 0.25) is 5.91 Å². The average Bonchev–Trinajstić information content (AvgIpc) is 3.69. The quantitative estimate of drug-likeness (QED) is 0.591. The first-order valence-electron chi connectivity index (χ1n) is 12.6. The lowest BCUT2D eigenvalue weighted by atomic mass is 9.96. The van der Waals surface area contributed by atoms with Crippen molar-refractivity contribution < 1.29 is 14.0 Å². The number of nitriles is 1. The molecular weight excluding hydrogens is 473 g/mol. The maximum atomic E-state index is 14.8. The number of halogens is 1. The first kappa shape index (κ1) is 23.2. The van der Waals surface area contributed by atoms with Gasteiger partial charge >= 0.3 is 0 Å². The highest BCUT2D eigenvalue weighted by atomic mass is 19.1. The number of anilines is 1. The third kappa shape index (κ3) is 4.10. The normalized spacial score (nSPS) is 19.0. The van der Waals surface area contributed by atoms with Crippen LogP contribution in [-0.4, -0.2) is 57.7 Å². The second kappa shape index (κ2) is 9.32. The van der Waals surface area contributed by atoms with E-state index in [9.17, 15) is 19.2 Å². The molecule has 0 saturated carbocycles. The molecule has 3 aliphatic rings. The van der Waals surface area contributed by atoms with E-state index in [1.807, 2.05) is 17.0 Å². The van der Waals surface area contributed by atoms with E-state index in [4.69, 9.17) is 5.10 Å². The minimum Gasteiger partial charge on any atom is -0.354 e. The van der Waals surface area contributed by atoms with Gasteiger partial charge in [0.25, 0.3) is 5.91 Å². The van der Waals surface area contributed by atoms with E-state index in [0.717, 1.165) is 45.3 Å². The molecule has 10 heteroatoms. The molecule has 2 amide bonds. The van der Waals surface area contributed by atoms with Crippen molar-refractivity contribution in [3.63, 3.8) is 0 Å². The van der Waals surface area contributed by atoms with Gasteiger partial charge in [0.15, 0.2) is 5.82 Å². The van der Waals surface area contributed by atoms with E-state index in [-0.39, 0.29) is 41.1 Å². The highest BCUT2D eigenvalue weighted by Crippen LogP contribution is 2.32. The number of pyridine rings is 1. The summed E-state index contributed by atoms with van der Waals surface area (Å²) in [5.74, 6) is 0.0634. The van der Waals surface area contributed by atoms with Gasteiger partial charge in [0, 0.05) is 38.4 Å². The van der Waals surface area contributed by atoms with Crippen molar-refractivity contribution in [1.29, 1.82) is 5.26 Å². The van der Waals surface area contributed by atoms with Crippen LogP contribution in [0, 0.1) is 23.1 Å². The Morgan fingerprint density at radius 1 is 1.14 bits per heavy atom. The SMILES string of the molecule is N#Cc1cccc(F)c1-c1cc(-n2ccc(N3CCC[C@H](C(=O)N4CCCC4)C3)n2)c2c(n1)CNC2=O. The predicted molar refractivity (Wildman–Crippen MR) is 133 cm³/mol. The first-order valence-corrected chi connectivity index (χ1v) is 12.6. The summed E-state index contributed by atoms with van der Waals surface area (Å²) < 4.78 is 16.4. The second-order valence-electron chi connectivity index (χ2n) is 9.74. The summed E-state index contributed by atoms with van der Waals surface area (Å²) in [6.07, 6.45) is 5.68. The zero-order valence-electron chi connectivity index (χ0n) is 20.3. The topological polar surface area (TPSA) is 107 Å². The molecule has 0 bridgehead atoms. The third-order valence-corrected chi connectivity index (χ3v) is 7.44. The number of amides is 2. The van der Waals surface area contributed by atoms with Crippen LogP contribution in [0.1, 0.15) is 47.3 Å². The molecule has 37 heavy (non-hydrogen) atoms. The number of hydrogen-bond acceptors (Lipinski definition) is 6. The molecule has 0 spiro atoms. The van der Waals surface area contributed by atoms with Gasteiger partial charge in [-0.15, -0.1) is 0 Å². The van der Waals surface area contributed by atoms with Crippen molar-refractivity contribution in [2.24, 2.45) is 5.92 Å². The van der Waals surface area contributed by atoms with E-state index in [0.29, 0.717) is 29.3 Å². The van der Waals surface area contributed by atoms with Crippen molar-refractivity contribution in [3.05, 3.63) is 59.2 Å². The largest absolute Gasteiger partial charge is 0.354 e. The number of carbonyl (C=O) groups is 2. The Hall–Kier alpha value is -4.26. The van der Waals surface area contributed by atoms with Crippen molar-refractivity contribution >= 4 is 17.6 Å². The Morgan fingerprint density at radius 2 is 1.97 bits per heavy atom. The van der Waals surface area contributed by atoms with Crippen LogP contribution in [0.3, 0.4) is 0 Å². The van der Waals surface area contributed by atoms with Crippen LogP contribution in [0.25, 0.3) is 16.9 Å². The Bertz CT molecular complexity index is 1440. The molecule has 6 rings (SSSR count). The first-order chi connectivity index (χ1) is 18.0. The number of piperidine rings is 1. The summed E-state index contributed by atoms with van der Waals surface area (Å²) >= 11 is 0. The van der Waals surface area contributed by atoms with Gasteiger partial charge in [-0.25, -0.2) is 14.1 Å². The van der Waals surface area contributed by atoms with Gasteiger partial charge in [0.05, 0.1) is 52.3 Å². The summed E-state index contributed by atoms with van der Waals surface area (Å²) in [5.41, 5.74) is 1.87. The molecule has 0 radical (unpaired) electrons. The number of rotatable bonds is 4. The number of nitrogens with one attached hydrogen (secondary N) is 1. The summed E-state index contributed by atoms with van der Waals surface area (Å²) in [6, 6.07) is 9.81. The van der Waals surface area contributed by atoms with Crippen molar-refractivity contribution in [1.82, 2.24) is 25.0 Å². The number of hydrogen-bond donors (Lipinski definition) is 1. The van der Waals surface area contributed by atoms with Crippen LogP contribution in [0.5, 0.6) is 0 Å². The summed E-state index contributed by atoms with van der Waals surface area (Å²) in [6.45, 7) is 3.30. The summed E-state index contributed by atoms with van der Waals surface area (Å²) in [5, 5.41) is 17.1. The Kier molecular flexibility index (Phi) is 5.83. The van der Waals surface area contributed by atoms with E-state index in [2.05, 4.69) is 15.2 Å². The fourth-order valence-corrected chi connectivity index (χ4v) is 5.60. The monoisotopic (exact) mass is 499 g/mol. The number of fused-ring (bicyclic) bond motifs is 1. The van der Waals surface area contributed by atoms with E-state index in [1.54, 1.807) is 23.0 Å². The Labute approximate surface area is 213 Å². The highest BCUT2D eigenvalue weighted by molar-refractivity contribution is 6.01. The fraction of sp³-hybridized carbons (Fsp3) is 0.370. The lowest BCUT2D eigenvalue weighted by Gasteiger charge is -2.34. The van der Waals surface area contributed by atoms with Crippen LogP contribution in [0.4, 0.5) is 10.2 Å². The molecule has 1 aromatic carbocycles.